The molecule has 152 valence electrons. The number of H-pyrrole nitrogens is 1. The maximum Gasteiger partial charge on any atom is 0.317 e. The summed E-state index contributed by atoms with van der Waals surface area (Å²) in [6, 6.07) is 7.96. The predicted octanol–water partition coefficient (Wildman–Crippen LogP) is 3.32. The van der Waals surface area contributed by atoms with Crippen molar-refractivity contribution in [3.8, 4) is 0 Å². The van der Waals surface area contributed by atoms with Gasteiger partial charge in [-0.1, -0.05) is 32.3 Å². The number of carbonyl (C=O) groups excluding carboxylic acids is 1. The summed E-state index contributed by atoms with van der Waals surface area (Å²) in [7, 11) is 0. The van der Waals surface area contributed by atoms with Crippen molar-refractivity contribution < 1.29 is 9.90 Å². The summed E-state index contributed by atoms with van der Waals surface area (Å²) in [5, 5.41) is 13.3. The molecule has 1 saturated carbocycles. The highest BCUT2D eigenvalue weighted by Gasteiger charge is 2.21. The van der Waals surface area contributed by atoms with Crippen molar-refractivity contribution in [3.05, 3.63) is 45.7 Å². The van der Waals surface area contributed by atoms with E-state index in [2.05, 4.69) is 23.3 Å². The Morgan fingerprint density at radius 3 is 2.75 bits per heavy atom. The molecule has 3 rings (SSSR count). The maximum atomic E-state index is 12.8. The molecule has 1 fully saturated rings. The molecule has 6 nitrogen and oxygen atoms in total. The second kappa shape index (κ2) is 9.73. The molecule has 1 aliphatic rings. The van der Waals surface area contributed by atoms with Gasteiger partial charge in [0.2, 0.25) is 0 Å². The Morgan fingerprint density at radius 2 is 2.04 bits per heavy atom. The lowest BCUT2D eigenvalue weighted by molar-refractivity contribution is 0.179. The van der Waals surface area contributed by atoms with Gasteiger partial charge in [0.05, 0.1) is 6.54 Å². The third-order valence-electron chi connectivity index (χ3n) is 5.56. The highest BCUT2D eigenvalue weighted by atomic mass is 16.3. The van der Waals surface area contributed by atoms with Crippen molar-refractivity contribution in [2.45, 2.75) is 64.5 Å². The largest absolute Gasteiger partial charge is 0.396 e. The minimum Gasteiger partial charge on any atom is -0.396 e. The fourth-order valence-corrected chi connectivity index (χ4v) is 3.87. The summed E-state index contributed by atoms with van der Waals surface area (Å²) in [4.78, 5) is 29.9. The zero-order valence-corrected chi connectivity index (χ0v) is 16.7. The third-order valence-corrected chi connectivity index (χ3v) is 5.56. The minimum absolute atomic E-state index is 0.0150. The van der Waals surface area contributed by atoms with Crippen LogP contribution in [0.5, 0.6) is 0 Å². The number of amides is 2. The number of carbonyl (C=O) groups is 1. The highest BCUT2D eigenvalue weighted by molar-refractivity contribution is 5.80. The van der Waals surface area contributed by atoms with Crippen LogP contribution in [0, 0.1) is 0 Å². The van der Waals surface area contributed by atoms with Gasteiger partial charge >= 0.3 is 6.03 Å². The second-order valence-electron chi connectivity index (χ2n) is 7.68. The lowest BCUT2D eigenvalue weighted by Gasteiger charge is -2.28. The first-order chi connectivity index (χ1) is 13.6. The smallest absolute Gasteiger partial charge is 0.317 e. The molecule has 2 aromatic rings. The number of fused-ring (bicyclic) bond motifs is 1. The van der Waals surface area contributed by atoms with Crippen molar-refractivity contribution in [2.24, 2.45) is 0 Å². The molecule has 0 spiro atoms. The van der Waals surface area contributed by atoms with E-state index in [1.165, 1.54) is 12.0 Å². The maximum absolute atomic E-state index is 12.8. The number of aryl methyl sites for hydroxylation is 1. The standard InChI is InChI=1S/C22H31N3O3/c1-2-16-9-10-20-17(13-16)14-18(21(27)24-20)15-25(11-6-12-26)22(28)23-19-7-4-3-5-8-19/h9-10,13-14,19,26H,2-8,11-12,15H2,1H3,(H,23,28)(H,24,27). The molecule has 0 radical (unpaired) electrons. The van der Waals surface area contributed by atoms with Crippen molar-refractivity contribution >= 4 is 16.9 Å². The van der Waals surface area contributed by atoms with Gasteiger partial charge in [-0.3, -0.25) is 4.79 Å². The van der Waals surface area contributed by atoms with E-state index in [-0.39, 0.29) is 30.8 Å². The monoisotopic (exact) mass is 385 g/mol. The summed E-state index contributed by atoms with van der Waals surface area (Å²) in [6.45, 7) is 2.77. The van der Waals surface area contributed by atoms with Gasteiger partial charge in [-0.2, -0.15) is 0 Å². The number of pyridine rings is 1. The van der Waals surface area contributed by atoms with E-state index in [0.717, 1.165) is 43.0 Å². The Bertz CT molecular complexity index is 856. The van der Waals surface area contributed by atoms with E-state index in [1.807, 2.05) is 18.2 Å². The Morgan fingerprint density at radius 1 is 1.25 bits per heavy atom. The van der Waals surface area contributed by atoms with Crippen LogP contribution in [0.1, 0.15) is 56.6 Å². The normalized spacial score (nSPS) is 14.9. The van der Waals surface area contributed by atoms with Crippen LogP contribution in [0.15, 0.2) is 29.1 Å². The molecular weight excluding hydrogens is 354 g/mol. The topological polar surface area (TPSA) is 85.4 Å². The zero-order chi connectivity index (χ0) is 19.9. The fraction of sp³-hybridized carbons (Fsp3) is 0.545. The van der Waals surface area contributed by atoms with Gasteiger partial charge in [0.25, 0.3) is 5.56 Å². The SMILES string of the molecule is CCc1ccc2[nH]c(=O)c(CN(CCCO)C(=O)NC3CCCCC3)cc2c1. The fourth-order valence-electron chi connectivity index (χ4n) is 3.87. The third kappa shape index (κ3) is 5.13. The van der Waals surface area contributed by atoms with E-state index in [9.17, 15) is 14.7 Å². The average molecular weight is 386 g/mol. The van der Waals surface area contributed by atoms with Gasteiger partial charge < -0.3 is 20.3 Å². The van der Waals surface area contributed by atoms with Crippen LogP contribution < -0.4 is 10.9 Å². The van der Waals surface area contributed by atoms with Crippen LogP contribution in [0.25, 0.3) is 10.9 Å². The quantitative estimate of drug-likeness (QED) is 0.683. The Labute approximate surface area is 165 Å². The number of aromatic amines is 1. The van der Waals surface area contributed by atoms with E-state index in [1.54, 1.807) is 4.90 Å². The van der Waals surface area contributed by atoms with Crippen LogP contribution in [0.4, 0.5) is 4.79 Å². The number of benzene rings is 1. The first-order valence-electron chi connectivity index (χ1n) is 10.4. The van der Waals surface area contributed by atoms with Crippen LogP contribution in [0.2, 0.25) is 0 Å². The van der Waals surface area contributed by atoms with Crippen LogP contribution in [0.3, 0.4) is 0 Å². The summed E-state index contributed by atoms with van der Waals surface area (Å²) < 4.78 is 0. The van der Waals surface area contributed by atoms with Gasteiger partial charge in [-0.25, -0.2) is 4.79 Å². The number of aromatic nitrogens is 1. The number of rotatable bonds is 7. The molecule has 0 unspecified atom stereocenters. The highest BCUT2D eigenvalue weighted by Crippen LogP contribution is 2.18. The summed E-state index contributed by atoms with van der Waals surface area (Å²) in [6.07, 6.45) is 6.95. The van der Waals surface area contributed by atoms with Crippen molar-refractivity contribution in [1.29, 1.82) is 0 Å². The predicted molar refractivity (Wildman–Crippen MR) is 111 cm³/mol. The van der Waals surface area contributed by atoms with Crippen LogP contribution in [-0.4, -0.2) is 40.2 Å². The number of hydrogen-bond acceptors (Lipinski definition) is 3. The molecule has 1 heterocycles. The molecule has 1 aromatic heterocycles. The Balaban J connectivity index is 1.79. The Hall–Kier alpha value is -2.34. The molecule has 28 heavy (non-hydrogen) atoms. The molecule has 0 aliphatic heterocycles. The van der Waals surface area contributed by atoms with Gasteiger partial charge in [-0.15, -0.1) is 0 Å². The lowest BCUT2D eigenvalue weighted by atomic mass is 9.96. The first kappa shape index (κ1) is 20.4. The van der Waals surface area contributed by atoms with Crippen molar-refractivity contribution in [2.75, 3.05) is 13.2 Å². The molecule has 6 heteroatoms. The van der Waals surface area contributed by atoms with Crippen LogP contribution >= 0.6 is 0 Å². The molecule has 3 N–H and O–H groups in total. The lowest BCUT2D eigenvalue weighted by Crippen LogP contribution is -2.46. The van der Waals surface area contributed by atoms with E-state index < -0.39 is 0 Å². The number of nitrogens with one attached hydrogen (secondary N) is 2. The Kier molecular flexibility index (Phi) is 7.09. The number of aliphatic hydroxyl groups is 1. The van der Waals surface area contributed by atoms with E-state index >= 15 is 0 Å². The summed E-state index contributed by atoms with van der Waals surface area (Å²) in [5.74, 6) is 0. The minimum atomic E-state index is -0.170. The van der Waals surface area contributed by atoms with Crippen molar-refractivity contribution in [3.63, 3.8) is 0 Å². The zero-order valence-electron chi connectivity index (χ0n) is 16.7. The van der Waals surface area contributed by atoms with Gasteiger partial charge in [-0.05, 0) is 54.8 Å². The molecular formula is C22H31N3O3. The average Bonchev–Trinajstić information content (AvgIpc) is 2.71. The van der Waals surface area contributed by atoms with Gasteiger partial charge in [0, 0.05) is 30.3 Å². The number of nitrogens with zero attached hydrogens (tertiary/aromatic N) is 1. The molecule has 0 atom stereocenters. The summed E-state index contributed by atoms with van der Waals surface area (Å²) in [5.41, 5.74) is 2.41. The van der Waals surface area contributed by atoms with Crippen molar-refractivity contribution in [1.82, 2.24) is 15.2 Å². The van der Waals surface area contributed by atoms with Gasteiger partial charge in [0.15, 0.2) is 0 Å². The first-order valence-corrected chi connectivity index (χ1v) is 10.4. The number of hydrogen-bond donors (Lipinski definition) is 3. The number of aliphatic hydroxyl groups excluding tert-OH is 1. The molecule has 1 aliphatic carbocycles. The second-order valence-corrected chi connectivity index (χ2v) is 7.68. The molecule has 0 bridgehead atoms. The van der Waals surface area contributed by atoms with E-state index in [0.29, 0.717) is 18.5 Å². The molecule has 2 amide bonds. The number of urea groups is 1. The van der Waals surface area contributed by atoms with E-state index in [4.69, 9.17) is 0 Å². The van der Waals surface area contributed by atoms with Crippen LogP contribution in [-0.2, 0) is 13.0 Å². The summed E-state index contributed by atoms with van der Waals surface area (Å²) >= 11 is 0. The molecule has 1 aromatic carbocycles. The molecule has 0 saturated heterocycles. The van der Waals surface area contributed by atoms with Gasteiger partial charge in [0.1, 0.15) is 0 Å².